The number of imide groups is 2. The van der Waals surface area contributed by atoms with Crippen LogP contribution >= 0.6 is 0 Å². The zero-order chi connectivity index (χ0) is 102. The first kappa shape index (κ1) is 92.9. The largest absolute Gasteiger partial charge is 0.457 e. The van der Waals surface area contributed by atoms with Gasteiger partial charge in [-0.15, -0.1) is 0 Å². The number of hydrogen-bond acceptors (Lipinski definition) is 8. The second kappa shape index (κ2) is 33.0. The van der Waals surface area contributed by atoms with E-state index < -0.39 is 23.6 Å². The van der Waals surface area contributed by atoms with E-state index in [2.05, 4.69) is 335 Å². The lowest BCUT2D eigenvalue weighted by Crippen LogP contribution is -2.42. The second-order valence-electron chi connectivity index (χ2n) is 46.9. The highest BCUT2D eigenvalue weighted by Gasteiger charge is 2.45. The van der Waals surface area contributed by atoms with Gasteiger partial charge in [0.05, 0.1) is 33.6 Å². The fourth-order valence-electron chi connectivity index (χ4n) is 24.3. The standard InChI is InChI=1S/C136H120N2O8/c1-25-75-55-99(69(3)4)127(100(56-75)70(5)6)137-129(139)107-65-111(143-87-37-29-83(30-38-87)133(13,14)15)121-95-49-45-91-103-61-79-53-73(11)77(59-81(79)63-105(103)93-47-51-97(117(95)115(91)93)123-113(67-109(131(137)141)119(107)125(121)123)145-89-41-33-85(34-42-89)135(19,20)21)27-28-78-60-82-64-106-94-48-52-98-118-96(50-46-92(116(94)118)104(106)62-80(82)54-74(78)12)122-112(144-88-39-31-84(32-40-88)134(16,17)18)66-108-120-110(68-114(124(98)126(120)122)146-90-43-35-86(36-44-90)136(22,23)24)132(142)138(130(108)140)128-101(71(7)8)57-76(26-2)58-102(128)72(9)10/h25-26,29-72H,1-2,27-28H2,3-24H3. The van der Waals surface area contributed by atoms with Crippen LogP contribution in [0.1, 0.15) is 281 Å². The summed E-state index contributed by atoms with van der Waals surface area (Å²) in [4.78, 5) is 68.4. The Kier molecular flexibility index (Phi) is 21.0. The van der Waals surface area contributed by atoms with Gasteiger partial charge in [-0.25, -0.2) is 9.80 Å². The lowest BCUT2D eigenvalue weighted by molar-refractivity contribution is 0.0877. The summed E-state index contributed by atoms with van der Waals surface area (Å²) in [7, 11) is 0. The molecular weight excluding hydrogens is 1790 g/mol. The first-order valence-corrected chi connectivity index (χ1v) is 51.8. The Bertz CT molecular complexity index is 8330. The first-order chi connectivity index (χ1) is 69.6. The van der Waals surface area contributed by atoms with Crippen molar-refractivity contribution in [2.24, 2.45) is 0 Å². The van der Waals surface area contributed by atoms with Crippen molar-refractivity contribution in [1.82, 2.24) is 0 Å². The Morgan fingerprint density at radius 2 is 0.479 bits per heavy atom. The molecule has 4 aliphatic rings. The SMILES string of the molecule is C=Cc1cc(C(C)C)c(N2C(=O)c3cc(Oc4ccc(C(C)(C)C)cc4)c4c5ccc6c7c(ccc(c8c(Oc9ccc(C(C)(C)C)cc9)cc(c3c48)C2=O)c75)-c2cc3cc(CCc4cc5cc7c(cc5cc4C)-c4ccc5c8c(Oc9ccc(C(C)(C)C)cc9)cc9c%10c(cc(Oc%11ccc(C(C)(C)C)cc%11)c(c%11ccc-7c4c5%11)c%108)C(=O)N(c4c(C(C)C)cc(C=C)cc4C(C)C)C9=O)c(C)cc3cc2-6)c(C(C)C)c1. The molecule has 0 saturated carbocycles. The average Bonchev–Trinajstić information content (AvgIpc) is 1.16. The molecule has 2 aliphatic heterocycles. The molecule has 24 rings (SSSR count). The number of amides is 4. The molecule has 0 atom stereocenters. The van der Waals surface area contributed by atoms with Crippen molar-refractivity contribution in [2.75, 3.05) is 9.80 Å². The van der Waals surface area contributed by atoms with Gasteiger partial charge in [0.1, 0.15) is 46.0 Å². The van der Waals surface area contributed by atoms with E-state index in [4.69, 9.17) is 18.9 Å². The van der Waals surface area contributed by atoms with Crippen LogP contribution < -0.4 is 28.7 Å². The Morgan fingerprint density at radius 3 is 0.699 bits per heavy atom. The van der Waals surface area contributed by atoms with Crippen LogP contribution in [0.15, 0.2) is 256 Å². The number of carbonyl (C=O) groups is 4. The molecule has 20 aromatic rings. The molecule has 0 fully saturated rings. The van der Waals surface area contributed by atoms with Crippen molar-refractivity contribution in [3.05, 3.63) is 356 Å². The summed E-state index contributed by atoms with van der Waals surface area (Å²) in [6.45, 7) is 56.2. The summed E-state index contributed by atoms with van der Waals surface area (Å²) in [5, 5.41) is 18.5. The van der Waals surface area contributed by atoms with Gasteiger partial charge in [-0.05, 0) is 380 Å². The quantitative estimate of drug-likeness (QED) is 0.0447. The topological polar surface area (TPSA) is 112 Å². The molecule has 10 heteroatoms. The third kappa shape index (κ3) is 14.3. The van der Waals surface area contributed by atoms with Gasteiger partial charge in [0.15, 0.2) is 0 Å². The van der Waals surface area contributed by atoms with Crippen molar-refractivity contribution in [3.8, 4) is 90.5 Å². The fourth-order valence-corrected chi connectivity index (χ4v) is 24.3. The van der Waals surface area contributed by atoms with E-state index in [0.717, 1.165) is 210 Å². The summed E-state index contributed by atoms with van der Waals surface area (Å²) in [5.74, 6) is 2.53. The van der Waals surface area contributed by atoms with Crippen LogP contribution in [0.25, 0.3) is 164 Å². The zero-order valence-corrected chi connectivity index (χ0v) is 87.5. The van der Waals surface area contributed by atoms with Crippen molar-refractivity contribution in [2.45, 2.75) is 210 Å². The van der Waals surface area contributed by atoms with E-state index in [1.54, 1.807) is 0 Å². The molecule has 0 radical (unpaired) electrons. The van der Waals surface area contributed by atoms with E-state index in [-0.39, 0.29) is 45.3 Å². The minimum absolute atomic E-state index is 0.0590. The van der Waals surface area contributed by atoms with Gasteiger partial charge in [0, 0.05) is 43.1 Å². The Hall–Kier alpha value is -15.5. The van der Waals surface area contributed by atoms with E-state index in [9.17, 15) is 0 Å². The van der Waals surface area contributed by atoms with Crippen LogP contribution in [0.4, 0.5) is 11.4 Å². The molecule has 0 N–H and O–H groups in total. The van der Waals surface area contributed by atoms with Crippen molar-refractivity contribution < 1.29 is 38.1 Å². The van der Waals surface area contributed by atoms with Gasteiger partial charge >= 0.3 is 0 Å². The van der Waals surface area contributed by atoms with Gasteiger partial charge in [-0.1, -0.05) is 285 Å². The van der Waals surface area contributed by atoms with Crippen LogP contribution in [-0.4, -0.2) is 23.6 Å². The fraction of sp³-hybridized carbons (Fsp3) is 0.235. The van der Waals surface area contributed by atoms with Crippen LogP contribution in [0.2, 0.25) is 0 Å². The molecule has 2 aliphatic carbocycles. The molecule has 0 aromatic heterocycles. The van der Waals surface area contributed by atoms with Crippen molar-refractivity contribution in [3.63, 3.8) is 0 Å². The Balaban J connectivity index is 0.626. The van der Waals surface area contributed by atoms with Crippen molar-refractivity contribution in [1.29, 1.82) is 0 Å². The molecule has 0 saturated heterocycles. The number of nitrogens with zero attached hydrogens (tertiary/aromatic N) is 2. The molecular formula is C136H120N2O8. The number of fused-ring (bicyclic) bond motifs is 12. The van der Waals surface area contributed by atoms with Crippen LogP contribution in [0.3, 0.4) is 0 Å². The highest BCUT2D eigenvalue weighted by atomic mass is 16.5. The molecule has 10 nitrogen and oxygen atoms in total. The van der Waals surface area contributed by atoms with E-state index in [1.807, 2.05) is 84.9 Å². The molecule has 146 heavy (non-hydrogen) atoms. The van der Waals surface area contributed by atoms with Gasteiger partial charge in [0.25, 0.3) is 23.6 Å². The highest BCUT2D eigenvalue weighted by molar-refractivity contribution is 6.48. The smallest absolute Gasteiger partial charge is 0.266 e. The normalized spacial score (nSPS) is 13.7. The van der Waals surface area contributed by atoms with Gasteiger partial charge in [-0.2, -0.15) is 0 Å². The molecule has 0 spiro atoms. The average molecular weight is 1910 g/mol. The summed E-state index contributed by atoms with van der Waals surface area (Å²) in [6, 6.07) is 86.5. The van der Waals surface area contributed by atoms with Gasteiger partial charge < -0.3 is 18.9 Å². The summed E-state index contributed by atoms with van der Waals surface area (Å²) in [5.41, 5.74) is 26.3. The molecule has 0 unspecified atom stereocenters. The van der Waals surface area contributed by atoms with E-state index in [1.165, 1.54) is 32.1 Å². The number of rotatable bonds is 19. The summed E-state index contributed by atoms with van der Waals surface area (Å²) >= 11 is 0. The lowest BCUT2D eigenvalue weighted by atomic mass is 9.82. The number of anilines is 2. The maximum Gasteiger partial charge on any atom is 0.266 e. The van der Waals surface area contributed by atoms with Gasteiger partial charge in [-0.3, -0.25) is 19.2 Å². The number of benzene rings is 20. The molecule has 722 valence electrons. The molecule has 20 aromatic carbocycles. The molecule has 4 amide bonds. The third-order valence-electron chi connectivity index (χ3n) is 32.1. The van der Waals surface area contributed by atoms with Crippen LogP contribution in [-0.2, 0) is 34.5 Å². The van der Waals surface area contributed by atoms with Crippen molar-refractivity contribution >= 4 is 155 Å². The first-order valence-electron chi connectivity index (χ1n) is 51.8. The molecule has 0 bridgehead atoms. The minimum Gasteiger partial charge on any atom is -0.457 e. The number of hydrogen-bond donors (Lipinski definition) is 0. The van der Waals surface area contributed by atoms with Crippen LogP contribution in [0.5, 0.6) is 46.0 Å². The van der Waals surface area contributed by atoms with Gasteiger partial charge in [0.2, 0.25) is 0 Å². The summed E-state index contributed by atoms with van der Waals surface area (Å²) < 4.78 is 29.6. The number of aryl methyl sites for hydroxylation is 4. The minimum atomic E-state index is -0.419. The third-order valence-corrected chi connectivity index (χ3v) is 32.1. The van der Waals surface area contributed by atoms with Crippen LogP contribution in [0, 0.1) is 13.8 Å². The van der Waals surface area contributed by atoms with E-state index >= 15 is 19.2 Å². The predicted molar refractivity (Wildman–Crippen MR) is 609 cm³/mol. The molecule has 2 heterocycles. The second-order valence-corrected chi connectivity index (χ2v) is 46.9. The number of carbonyl (C=O) groups excluding carboxylic acids is 4. The maximum absolute atomic E-state index is 16.4. The predicted octanol–water partition coefficient (Wildman–Crippen LogP) is 37.5. The Morgan fingerprint density at radius 1 is 0.253 bits per heavy atom. The Labute approximate surface area is 854 Å². The van der Waals surface area contributed by atoms with E-state index in [0.29, 0.717) is 90.4 Å². The zero-order valence-electron chi connectivity index (χ0n) is 87.5. The maximum atomic E-state index is 16.4. The number of ether oxygens (including phenoxy) is 4. The summed E-state index contributed by atoms with van der Waals surface area (Å²) in [6.07, 6.45) is 5.31. The lowest BCUT2D eigenvalue weighted by Gasteiger charge is -2.34. The highest BCUT2D eigenvalue weighted by Crippen LogP contribution is 2.62. The monoisotopic (exact) mass is 1910 g/mol.